The molecule has 6 heteroatoms. The summed E-state index contributed by atoms with van der Waals surface area (Å²) in [4.78, 5) is 15.2. The highest BCUT2D eigenvalue weighted by Gasteiger charge is 2.14. The molecule has 0 aliphatic heterocycles. The van der Waals surface area contributed by atoms with Gasteiger partial charge in [0.05, 0.1) is 0 Å². The van der Waals surface area contributed by atoms with Gasteiger partial charge >= 0.3 is 5.97 Å². The van der Waals surface area contributed by atoms with Gasteiger partial charge in [-0.2, -0.15) is 5.10 Å². The predicted octanol–water partition coefficient (Wildman–Crippen LogP) is 2.68. The summed E-state index contributed by atoms with van der Waals surface area (Å²) < 4.78 is 2.45. The molecule has 94 valence electrons. The maximum atomic E-state index is 11.0. The number of aromatic carboxylic acids is 1. The molecule has 0 radical (unpaired) electrons. The smallest absolute Gasteiger partial charge is 0.356 e. The molecule has 2 rings (SSSR count). The number of carboxylic acids is 1. The van der Waals surface area contributed by atoms with Crippen LogP contribution < -0.4 is 0 Å². The highest BCUT2D eigenvalue weighted by atomic mass is 79.9. The van der Waals surface area contributed by atoms with Crippen LogP contribution in [0, 0.1) is 0 Å². The van der Waals surface area contributed by atoms with Crippen LogP contribution in [0.4, 0.5) is 0 Å². The molecule has 2 heterocycles. The first-order valence-electron chi connectivity index (χ1n) is 5.56. The Morgan fingerprint density at radius 3 is 2.83 bits per heavy atom. The van der Waals surface area contributed by atoms with E-state index in [1.165, 1.54) is 0 Å². The summed E-state index contributed by atoms with van der Waals surface area (Å²) in [5.74, 6) is -0.405. The normalized spacial score (nSPS) is 10.6. The first kappa shape index (κ1) is 12.8. The molecule has 0 amide bonds. The Morgan fingerprint density at radius 2 is 2.28 bits per heavy atom. The average Bonchev–Trinajstić information content (AvgIpc) is 2.75. The third-order valence-electron chi connectivity index (χ3n) is 2.44. The minimum atomic E-state index is -1.02. The number of hydrogen-bond acceptors (Lipinski definition) is 3. The molecule has 0 unspecified atom stereocenters. The molecule has 0 saturated heterocycles. The Hall–Kier alpha value is -1.69. The van der Waals surface area contributed by atoms with Crippen LogP contribution in [0.1, 0.15) is 29.5 Å². The molecule has 0 aromatic carbocycles. The minimum absolute atomic E-state index is 0.0446. The van der Waals surface area contributed by atoms with Crippen LogP contribution in [0.3, 0.4) is 0 Å². The Morgan fingerprint density at radius 1 is 1.50 bits per heavy atom. The fourth-order valence-corrected chi connectivity index (χ4v) is 1.88. The standard InChI is InChI=1S/C12H12BrN3O2/c1-2-3-9-6-10(12(17)18)15-16(9)11-5-4-8(13)7-14-11/h4-7H,2-3H2,1H3,(H,17,18). The number of carbonyl (C=O) groups is 1. The fourth-order valence-electron chi connectivity index (χ4n) is 1.65. The summed E-state index contributed by atoms with van der Waals surface area (Å²) >= 11 is 3.31. The van der Waals surface area contributed by atoms with Crippen LogP contribution in [0.15, 0.2) is 28.9 Å². The molecule has 18 heavy (non-hydrogen) atoms. The van der Waals surface area contributed by atoms with Crippen molar-refractivity contribution in [2.24, 2.45) is 0 Å². The molecule has 1 N–H and O–H groups in total. The molecule has 5 nitrogen and oxygen atoms in total. The van der Waals surface area contributed by atoms with Crippen molar-refractivity contribution in [2.75, 3.05) is 0 Å². The maximum absolute atomic E-state index is 11.0. The Labute approximate surface area is 113 Å². The van der Waals surface area contributed by atoms with E-state index in [1.54, 1.807) is 23.0 Å². The predicted molar refractivity (Wildman–Crippen MR) is 70.0 cm³/mol. The number of hydrogen-bond donors (Lipinski definition) is 1. The van der Waals surface area contributed by atoms with E-state index < -0.39 is 5.97 Å². The first-order valence-corrected chi connectivity index (χ1v) is 6.35. The van der Waals surface area contributed by atoms with Gasteiger partial charge in [0.15, 0.2) is 11.5 Å². The Kier molecular flexibility index (Phi) is 3.76. The molecule has 0 saturated carbocycles. The molecule has 0 fully saturated rings. The number of halogens is 1. The highest BCUT2D eigenvalue weighted by Crippen LogP contribution is 2.15. The molecule has 0 aliphatic rings. The van der Waals surface area contributed by atoms with E-state index in [9.17, 15) is 4.79 Å². The molecule has 0 aliphatic carbocycles. The zero-order chi connectivity index (χ0) is 13.1. The van der Waals surface area contributed by atoms with E-state index in [0.29, 0.717) is 5.82 Å². The highest BCUT2D eigenvalue weighted by molar-refractivity contribution is 9.10. The second kappa shape index (κ2) is 5.30. The van der Waals surface area contributed by atoms with Crippen LogP contribution in [-0.4, -0.2) is 25.8 Å². The number of nitrogens with zero attached hydrogens (tertiary/aromatic N) is 3. The number of rotatable bonds is 4. The molecular formula is C12H12BrN3O2. The third kappa shape index (κ3) is 2.59. The SMILES string of the molecule is CCCc1cc(C(=O)O)nn1-c1ccc(Br)cn1. The van der Waals surface area contributed by atoms with Crippen molar-refractivity contribution in [3.63, 3.8) is 0 Å². The number of aromatic nitrogens is 3. The van der Waals surface area contributed by atoms with Gasteiger partial charge in [-0.15, -0.1) is 0 Å². The Balaban J connectivity index is 2.47. The van der Waals surface area contributed by atoms with Crippen molar-refractivity contribution >= 4 is 21.9 Å². The van der Waals surface area contributed by atoms with Crippen molar-refractivity contribution in [1.82, 2.24) is 14.8 Å². The van der Waals surface area contributed by atoms with Gasteiger partial charge in [-0.25, -0.2) is 14.5 Å². The Bertz CT molecular complexity index is 563. The van der Waals surface area contributed by atoms with Gasteiger partial charge < -0.3 is 5.11 Å². The van der Waals surface area contributed by atoms with E-state index in [4.69, 9.17) is 5.11 Å². The number of pyridine rings is 1. The maximum Gasteiger partial charge on any atom is 0.356 e. The lowest BCUT2D eigenvalue weighted by atomic mass is 10.2. The largest absolute Gasteiger partial charge is 0.476 e. The first-order chi connectivity index (χ1) is 8.61. The van der Waals surface area contributed by atoms with Gasteiger partial charge in [-0.05, 0) is 40.5 Å². The van der Waals surface area contributed by atoms with Gasteiger partial charge in [0.25, 0.3) is 0 Å². The molecule has 2 aromatic rings. The van der Waals surface area contributed by atoms with Gasteiger partial charge in [0.2, 0.25) is 0 Å². The van der Waals surface area contributed by atoms with Gasteiger partial charge in [0, 0.05) is 16.4 Å². The fraction of sp³-hybridized carbons (Fsp3) is 0.250. The summed E-state index contributed by atoms with van der Waals surface area (Å²) in [7, 11) is 0. The topological polar surface area (TPSA) is 68.0 Å². The number of aryl methyl sites for hydroxylation is 1. The molecule has 0 spiro atoms. The van der Waals surface area contributed by atoms with Crippen LogP contribution in [0.25, 0.3) is 5.82 Å². The third-order valence-corrected chi connectivity index (χ3v) is 2.91. The molecular weight excluding hydrogens is 298 g/mol. The van der Waals surface area contributed by atoms with Crippen molar-refractivity contribution in [1.29, 1.82) is 0 Å². The second-order valence-corrected chi connectivity index (χ2v) is 4.74. The van der Waals surface area contributed by atoms with Crippen LogP contribution in [0.5, 0.6) is 0 Å². The van der Waals surface area contributed by atoms with Crippen LogP contribution in [-0.2, 0) is 6.42 Å². The number of carboxylic acid groups (broad SMARTS) is 1. The lowest BCUT2D eigenvalue weighted by molar-refractivity contribution is 0.0690. The van der Waals surface area contributed by atoms with Crippen LogP contribution in [0.2, 0.25) is 0 Å². The quantitative estimate of drug-likeness (QED) is 0.943. The summed E-state index contributed by atoms with van der Waals surface area (Å²) in [5.41, 5.74) is 0.896. The van der Waals surface area contributed by atoms with Crippen molar-refractivity contribution in [3.05, 3.63) is 40.3 Å². The van der Waals surface area contributed by atoms with Gasteiger partial charge in [-0.1, -0.05) is 13.3 Å². The van der Waals surface area contributed by atoms with E-state index in [2.05, 4.69) is 26.0 Å². The summed E-state index contributed by atoms with van der Waals surface area (Å²) in [6.07, 6.45) is 3.34. The monoisotopic (exact) mass is 309 g/mol. The van der Waals surface area contributed by atoms with E-state index in [-0.39, 0.29) is 5.69 Å². The van der Waals surface area contributed by atoms with E-state index in [1.807, 2.05) is 13.0 Å². The zero-order valence-electron chi connectivity index (χ0n) is 9.80. The lowest BCUT2D eigenvalue weighted by Gasteiger charge is -2.05. The average molecular weight is 310 g/mol. The van der Waals surface area contributed by atoms with E-state index >= 15 is 0 Å². The van der Waals surface area contributed by atoms with Crippen molar-refractivity contribution in [3.8, 4) is 5.82 Å². The second-order valence-electron chi connectivity index (χ2n) is 3.82. The van der Waals surface area contributed by atoms with Gasteiger partial charge in [0.1, 0.15) is 0 Å². The molecule has 2 aromatic heterocycles. The van der Waals surface area contributed by atoms with Crippen molar-refractivity contribution < 1.29 is 9.90 Å². The summed E-state index contributed by atoms with van der Waals surface area (Å²) in [6, 6.07) is 5.23. The summed E-state index contributed by atoms with van der Waals surface area (Å²) in [5, 5.41) is 13.0. The van der Waals surface area contributed by atoms with Gasteiger partial charge in [-0.3, -0.25) is 0 Å². The lowest BCUT2D eigenvalue weighted by Crippen LogP contribution is -2.05. The minimum Gasteiger partial charge on any atom is -0.476 e. The summed E-state index contributed by atoms with van der Waals surface area (Å²) in [6.45, 7) is 2.03. The molecule has 0 bridgehead atoms. The van der Waals surface area contributed by atoms with Crippen molar-refractivity contribution in [2.45, 2.75) is 19.8 Å². The van der Waals surface area contributed by atoms with E-state index in [0.717, 1.165) is 23.0 Å². The zero-order valence-corrected chi connectivity index (χ0v) is 11.4. The molecule has 0 atom stereocenters. The van der Waals surface area contributed by atoms with Crippen LogP contribution >= 0.6 is 15.9 Å².